The van der Waals surface area contributed by atoms with Crippen molar-refractivity contribution in [2.24, 2.45) is 0 Å². The Morgan fingerprint density at radius 2 is 1.69 bits per heavy atom. The summed E-state index contributed by atoms with van der Waals surface area (Å²) in [6.07, 6.45) is 5.81. The molecule has 0 saturated carbocycles. The number of hydrogen-bond donors (Lipinski definition) is 3. The van der Waals surface area contributed by atoms with Crippen LogP contribution in [0.1, 0.15) is 20.8 Å². The number of thiophene rings is 1. The fourth-order valence-corrected chi connectivity index (χ4v) is 6.44. The number of carbonyl (C=O) groups excluding carboxylic acids is 1. The molecule has 5 heterocycles. The van der Waals surface area contributed by atoms with E-state index in [0.29, 0.717) is 16.3 Å². The van der Waals surface area contributed by atoms with E-state index >= 15 is 0 Å². The van der Waals surface area contributed by atoms with Gasteiger partial charge in [-0.1, -0.05) is 47.7 Å². The minimum atomic E-state index is -0.200. The van der Waals surface area contributed by atoms with Crippen molar-refractivity contribution in [1.29, 1.82) is 0 Å². The molecule has 39 heavy (non-hydrogen) atoms. The third-order valence-electron chi connectivity index (χ3n) is 6.73. The first-order chi connectivity index (χ1) is 19.1. The van der Waals surface area contributed by atoms with E-state index in [2.05, 4.69) is 72.5 Å². The van der Waals surface area contributed by atoms with Gasteiger partial charge in [0.05, 0.1) is 38.0 Å². The average molecular weight is 550 g/mol. The van der Waals surface area contributed by atoms with Crippen molar-refractivity contribution in [3.8, 4) is 10.6 Å². The molecule has 10 heteroatoms. The van der Waals surface area contributed by atoms with Crippen molar-refractivity contribution in [3.05, 3.63) is 107 Å². The van der Waals surface area contributed by atoms with Crippen LogP contribution in [0.4, 0.5) is 27.2 Å². The van der Waals surface area contributed by atoms with Crippen LogP contribution in [-0.2, 0) is 13.1 Å². The van der Waals surface area contributed by atoms with Gasteiger partial charge in [-0.2, -0.15) is 0 Å². The number of carbonyl (C=O) groups is 1. The van der Waals surface area contributed by atoms with Crippen molar-refractivity contribution < 1.29 is 4.79 Å². The molecule has 2 aromatic carbocycles. The Kier molecular flexibility index (Phi) is 5.75. The van der Waals surface area contributed by atoms with Crippen LogP contribution in [0.3, 0.4) is 0 Å². The molecule has 0 aliphatic carbocycles. The summed E-state index contributed by atoms with van der Waals surface area (Å²) < 4.78 is 2.09. The quantitative estimate of drug-likeness (QED) is 0.202. The molecule has 0 fully saturated rings. The number of fused-ring (bicyclic) bond motifs is 2. The molecule has 1 aliphatic heterocycles. The van der Waals surface area contributed by atoms with Crippen LogP contribution in [-0.4, -0.2) is 20.3 Å². The highest BCUT2D eigenvalue weighted by Crippen LogP contribution is 2.35. The monoisotopic (exact) mass is 549 g/mol. The summed E-state index contributed by atoms with van der Waals surface area (Å²) in [5, 5.41) is 7.76. The molecule has 4 aromatic heterocycles. The second-order valence-electron chi connectivity index (χ2n) is 9.24. The molecular weight excluding hydrogens is 527 g/mol. The molecule has 6 aromatic rings. The number of rotatable bonds is 6. The number of nitrogen functional groups attached to an aromatic ring is 1. The molecule has 0 radical (unpaired) electrons. The number of benzene rings is 2. The number of aromatic nitrogens is 3. The highest BCUT2D eigenvalue weighted by atomic mass is 32.1. The summed E-state index contributed by atoms with van der Waals surface area (Å²) in [5.41, 5.74) is 12.9. The van der Waals surface area contributed by atoms with E-state index in [1.165, 1.54) is 33.8 Å². The lowest BCUT2D eigenvalue weighted by Crippen LogP contribution is -2.14. The molecule has 192 valence electrons. The number of amides is 1. The maximum atomic E-state index is 12.7. The molecule has 8 nitrogen and oxygen atoms in total. The number of hydrogen-bond acceptors (Lipinski definition) is 8. The predicted molar refractivity (Wildman–Crippen MR) is 159 cm³/mol. The maximum absolute atomic E-state index is 12.7. The smallest absolute Gasteiger partial charge is 0.265 e. The van der Waals surface area contributed by atoms with Crippen molar-refractivity contribution in [2.45, 2.75) is 13.1 Å². The standard InChI is InChI=1S/C29H23N7OS2/c30-21-7-3-4-8-22(21)33-28(37)24-9-10-27(38-24)34-29-32-15-25(39-29)23-14-31-26-13-20(11-12-36(23)26)35-16-18-5-1-2-6-19(18)17-35/h1-15H,16-17,30H2,(H,32,34)(H,33,37). The van der Waals surface area contributed by atoms with Gasteiger partial charge in [-0.05, 0) is 41.5 Å². The first kappa shape index (κ1) is 23.4. The summed E-state index contributed by atoms with van der Waals surface area (Å²) in [7, 11) is 0. The number of anilines is 5. The molecule has 4 N–H and O–H groups in total. The molecule has 0 saturated heterocycles. The van der Waals surface area contributed by atoms with Crippen LogP contribution < -0.4 is 21.3 Å². The van der Waals surface area contributed by atoms with Gasteiger partial charge in [0, 0.05) is 37.2 Å². The zero-order valence-electron chi connectivity index (χ0n) is 20.7. The fourth-order valence-electron chi connectivity index (χ4n) is 4.74. The Labute approximate surface area is 232 Å². The van der Waals surface area contributed by atoms with E-state index in [4.69, 9.17) is 5.73 Å². The average Bonchev–Trinajstić information content (AvgIpc) is 3.75. The Bertz CT molecular complexity index is 1810. The maximum Gasteiger partial charge on any atom is 0.265 e. The molecule has 0 atom stereocenters. The Balaban J connectivity index is 1.05. The number of nitrogens with zero attached hydrogens (tertiary/aromatic N) is 4. The number of pyridine rings is 1. The van der Waals surface area contributed by atoms with Gasteiger partial charge in [-0.15, -0.1) is 11.3 Å². The van der Waals surface area contributed by atoms with E-state index < -0.39 is 0 Å². The second kappa shape index (κ2) is 9.57. The molecule has 1 amide bonds. The van der Waals surface area contributed by atoms with Crippen molar-refractivity contribution >= 4 is 61.4 Å². The van der Waals surface area contributed by atoms with Gasteiger partial charge in [0.15, 0.2) is 5.13 Å². The lowest BCUT2D eigenvalue weighted by Gasteiger charge is -2.17. The summed E-state index contributed by atoms with van der Waals surface area (Å²) in [5.74, 6) is -0.200. The van der Waals surface area contributed by atoms with Crippen LogP contribution >= 0.6 is 22.7 Å². The summed E-state index contributed by atoms with van der Waals surface area (Å²) >= 11 is 2.90. The number of imidazole rings is 1. The molecule has 1 aliphatic rings. The van der Waals surface area contributed by atoms with Crippen LogP contribution in [0, 0.1) is 0 Å². The van der Waals surface area contributed by atoms with Crippen LogP contribution in [0.15, 0.2) is 91.4 Å². The number of thiazole rings is 1. The van der Waals surface area contributed by atoms with E-state index in [1.54, 1.807) is 18.2 Å². The van der Waals surface area contributed by atoms with Gasteiger partial charge in [-0.25, -0.2) is 9.97 Å². The highest BCUT2D eigenvalue weighted by molar-refractivity contribution is 7.20. The first-order valence-electron chi connectivity index (χ1n) is 12.4. The molecular formula is C29H23N7OS2. The van der Waals surface area contributed by atoms with Crippen LogP contribution in [0.25, 0.3) is 16.2 Å². The number of nitrogens with two attached hydrogens (primary N) is 1. The first-order valence-corrected chi connectivity index (χ1v) is 14.0. The SMILES string of the molecule is Nc1ccccc1NC(=O)c1ccc(Nc2ncc(-c3cnc4cc(N5Cc6ccccc6C5)ccn34)s2)s1. The van der Waals surface area contributed by atoms with Gasteiger partial charge in [0.2, 0.25) is 0 Å². The van der Waals surface area contributed by atoms with Crippen molar-refractivity contribution in [3.63, 3.8) is 0 Å². The topological polar surface area (TPSA) is 101 Å². The zero-order valence-corrected chi connectivity index (χ0v) is 22.3. The molecule has 0 bridgehead atoms. The van der Waals surface area contributed by atoms with Crippen LogP contribution in [0.2, 0.25) is 0 Å². The lowest BCUT2D eigenvalue weighted by molar-refractivity contribution is 0.103. The van der Waals surface area contributed by atoms with E-state index in [0.717, 1.165) is 45.1 Å². The summed E-state index contributed by atoms with van der Waals surface area (Å²) in [6, 6.07) is 23.7. The summed E-state index contributed by atoms with van der Waals surface area (Å²) in [6.45, 7) is 1.83. The van der Waals surface area contributed by atoms with E-state index in [9.17, 15) is 4.79 Å². The lowest BCUT2D eigenvalue weighted by atomic mass is 10.1. The van der Waals surface area contributed by atoms with Gasteiger partial charge >= 0.3 is 0 Å². The molecule has 0 spiro atoms. The summed E-state index contributed by atoms with van der Waals surface area (Å²) in [4.78, 5) is 25.9. The van der Waals surface area contributed by atoms with Gasteiger partial charge in [0.1, 0.15) is 5.65 Å². The third-order valence-corrected chi connectivity index (χ3v) is 8.66. The predicted octanol–water partition coefficient (Wildman–Crippen LogP) is 6.62. The van der Waals surface area contributed by atoms with Gasteiger partial charge in [0.25, 0.3) is 5.91 Å². The zero-order chi connectivity index (χ0) is 26.3. The number of nitrogens with one attached hydrogen (secondary N) is 2. The highest BCUT2D eigenvalue weighted by Gasteiger charge is 2.20. The normalized spacial score (nSPS) is 12.6. The van der Waals surface area contributed by atoms with Gasteiger partial charge < -0.3 is 21.3 Å². The van der Waals surface area contributed by atoms with Crippen LogP contribution in [0.5, 0.6) is 0 Å². The second-order valence-corrected chi connectivity index (χ2v) is 11.4. The fraction of sp³-hybridized carbons (Fsp3) is 0.0690. The Morgan fingerprint density at radius 3 is 2.51 bits per heavy atom. The van der Waals surface area contributed by atoms with E-state index in [-0.39, 0.29) is 5.91 Å². The Morgan fingerprint density at radius 1 is 0.897 bits per heavy atom. The third kappa shape index (κ3) is 4.49. The molecule has 7 rings (SSSR count). The van der Waals surface area contributed by atoms with Crippen molar-refractivity contribution in [2.75, 3.05) is 21.3 Å². The Hall–Kier alpha value is -4.67. The van der Waals surface area contributed by atoms with E-state index in [1.807, 2.05) is 30.6 Å². The molecule has 0 unspecified atom stereocenters. The van der Waals surface area contributed by atoms with Gasteiger partial charge in [-0.3, -0.25) is 9.20 Å². The minimum Gasteiger partial charge on any atom is -0.397 e. The minimum absolute atomic E-state index is 0.200. The number of para-hydroxylation sites is 2. The largest absolute Gasteiger partial charge is 0.397 e. The van der Waals surface area contributed by atoms with Crippen molar-refractivity contribution in [1.82, 2.24) is 14.4 Å².